The van der Waals surface area contributed by atoms with E-state index in [9.17, 15) is 9.59 Å². The van der Waals surface area contributed by atoms with Gasteiger partial charge in [-0.25, -0.2) is 4.98 Å². The fraction of sp³-hybridized carbons (Fsp3) is 0.105. The molecule has 0 bridgehead atoms. The fourth-order valence-corrected chi connectivity index (χ4v) is 3.06. The zero-order valence-corrected chi connectivity index (χ0v) is 14.4. The predicted molar refractivity (Wildman–Crippen MR) is 99.1 cm³/mol. The molecule has 0 spiro atoms. The zero-order valence-electron chi connectivity index (χ0n) is 13.6. The van der Waals surface area contributed by atoms with E-state index in [0.29, 0.717) is 5.56 Å². The maximum atomic E-state index is 12.2. The van der Waals surface area contributed by atoms with Crippen molar-refractivity contribution < 1.29 is 9.59 Å². The smallest absolute Gasteiger partial charge is 0.269 e. The van der Waals surface area contributed by atoms with E-state index < -0.39 is 5.25 Å². The number of benzene rings is 2. The van der Waals surface area contributed by atoms with Crippen LogP contribution in [0.15, 0.2) is 71.8 Å². The molecule has 1 atom stereocenters. The lowest BCUT2D eigenvalue weighted by molar-refractivity contribution is -0.121. The lowest BCUT2D eigenvalue weighted by Gasteiger charge is -2.12. The van der Waals surface area contributed by atoms with Crippen LogP contribution in [0.2, 0.25) is 0 Å². The molecule has 2 N–H and O–H groups in total. The molecule has 0 unspecified atom stereocenters. The molecule has 0 aliphatic rings. The van der Waals surface area contributed by atoms with E-state index >= 15 is 0 Å². The highest BCUT2D eigenvalue weighted by molar-refractivity contribution is 8.00. The predicted octanol–water partition coefficient (Wildman–Crippen LogP) is 3.18. The van der Waals surface area contributed by atoms with Crippen molar-refractivity contribution in [3.63, 3.8) is 0 Å². The summed E-state index contributed by atoms with van der Waals surface area (Å²) in [5, 5.41) is 1.42. The van der Waals surface area contributed by atoms with Gasteiger partial charge >= 0.3 is 0 Å². The largest absolute Gasteiger partial charge is 0.272 e. The van der Waals surface area contributed by atoms with Crippen LogP contribution in [0, 0.1) is 0 Å². The molecule has 6 heteroatoms. The van der Waals surface area contributed by atoms with Gasteiger partial charge in [-0.05, 0) is 31.2 Å². The van der Waals surface area contributed by atoms with Crippen molar-refractivity contribution in [3.05, 3.63) is 72.3 Å². The molecule has 25 heavy (non-hydrogen) atoms. The highest BCUT2D eigenvalue weighted by Gasteiger charge is 2.16. The standard InChI is InChI=1S/C19H17N3O2S/c1-13(18(23)21-22-19(24)15-8-3-2-4-9-15)25-17-12-11-14-7-5-6-10-16(14)20-17/h2-13H,1H3,(H,21,23)(H,22,24)/t13-/m0/s1. The summed E-state index contributed by atoms with van der Waals surface area (Å²) in [5.41, 5.74) is 6.25. The Labute approximate surface area is 149 Å². The quantitative estimate of drug-likeness (QED) is 0.559. The maximum absolute atomic E-state index is 12.2. The Kier molecular flexibility index (Phi) is 5.30. The van der Waals surface area contributed by atoms with Gasteiger partial charge in [0.25, 0.3) is 11.8 Å². The third kappa shape index (κ3) is 4.36. The average Bonchev–Trinajstić information content (AvgIpc) is 2.66. The van der Waals surface area contributed by atoms with Crippen LogP contribution in [0.1, 0.15) is 17.3 Å². The van der Waals surface area contributed by atoms with Gasteiger partial charge in [0.2, 0.25) is 0 Å². The lowest BCUT2D eigenvalue weighted by Crippen LogP contribution is -2.44. The summed E-state index contributed by atoms with van der Waals surface area (Å²) in [7, 11) is 0. The van der Waals surface area contributed by atoms with E-state index in [0.717, 1.165) is 15.9 Å². The molecule has 126 valence electrons. The summed E-state index contributed by atoms with van der Waals surface area (Å²) < 4.78 is 0. The van der Waals surface area contributed by atoms with Crippen molar-refractivity contribution in [2.75, 3.05) is 0 Å². The Balaban J connectivity index is 1.57. The number of amides is 2. The Bertz CT molecular complexity index is 899. The minimum atomic E-state index is -0.398. The van der Waals surface area contributed by atoms with Crippen LogP contribution < -0.4 is 10.9 Å². The molecule has 0 fully saturated rings. The maximum Gasteiger partial charge on any atom is 0.269 e. The number of para-hydroxylation sites is 1. The van der Waals surface area contributed by atoms with Gasteiger partial charge in [-0.1, -0.05) is 54.2 Å². The van der Waals surface area contributed by atoms with E-state index in [1.807, 2.05) is 42.5 Å². The molecule has 0 saturated carbocycles. The monoisotopic (exact) mass is 351 g/mol. The van der Waals surface area contributed by atoms with Crippen molar-refractivity contribution in [2.45, 2.75) is 17.2 Å². The number of thioether (sulfide) groups is 1. The number of aromatic nitrogens is 1. The van der Waals surface area contributed by atoms with E-state index in [2.05, 4.69) is 15.8 Å². The second kappa shape index (κ2) is 7.81. The Morgan fingerprint density at radius 2 is 1.64 bits per heavy atom. The second-order valence-corrected chi connectivity index (χ2v) is 6.77. The minimum absolute atomic E-state index is 0.288. The van der Waals surface area contributed by atoms with Crippen molar-refractivity contribution in [2.24, 2.45) is 0 Å². The van der Waals surface area contributed by atoms with Crippen LogP contribution in [0.25, 0.3) is 10.9 Å². The summed E-state index contributed by atoms with van der Waals surface area (Å²) in [6.45, 7) is 1.77. The molecular formula is C19H17N3O2S. The number of hydrogen-bond donors (Lipinski definition) is 2. The summed E-state index contributed by atoms with van der Waals surface area (Å²) >= 11 is 1.34. The van der Waals surface area contributed by atoms with Crippen molar-refractivity contribution >= 4 is 34.5 Å². The number of hydrazine groups is 1. The van der Waals surface area contributed by atoms with E-state index in [1.54, 1.807) is 31.2 Å². The number of carbonyl (C=O) groups is 2. The van der Waals surface area contributed by atoms with E-state index in [-0.39, 0.29) is 11.8 Å². The first-order valence-electron chi connectivity index (χ1n) is 7.81. The van der Waals surface area contributed by atoms with Gasteiger partial charge in [0.15, 0.2) is 0 Å². The van der Waals surface area contributed by atoms with Gasteiger partial charge in [0.05, 0.1) is 15.8 Å². The van der Waals surface area contributed by atoms with Crippen LogP contribution in [-0.2, 0) is 4.79 Å². The van der Waals surface area contributed by atoms with Crippen LogP contribution in [0.4, 0.5) is 0 Å². The number of carbonyl (C=O) groups excluding carboxylic acids is 2. The Morgan fingerprint density at radius 3 is 2.44 bits per heavy atom. The molecule has 0 radical (unpaired) electrons. The molecule has 3 rings (SSSR count). The molecule has 3 aromatic rings. The minimum Gasteiger partial charge on any atom is -0.272 e. The molecule has 0 saturated heterocycles. The first kappa shape index (κ1) is 17.0. The summed E-state index contributed by atoms with van der Waals surface area (Å²) in [4.78, 5) is 28.6. The molecule has 1 heterocycles. The first-order valence-corrected chi connectivity index (χ1v) is 8.69. The SMILES string of the molecule is C[C@H](Sc1ccc2ccccc2n1)C(=O)NNC(=O)c1ccccc1. The molecule has 5 nitrogen and oxygen atoms in total. The molecule has 0 aliphatic heterocycles. The fourth-order valence-electron chi connectivity index (χ4n) is 2.23. The Morgan fingerprint density at radius 1 is 0.920 bits per heavy atom. The highest BCUT2D eigenvalue weighted by atomic mass is 32.2. The number of pyridine rings is 1. The van der Waals surface area contributed by atoms with Crippen molar-refractivity contribution in [3.8, 4) is 0 Å². The molecule has 2 amide bonds. The third-order valence-electron chi connectivity index (χ3n) is 3.57. The van der Waals surface area contributed by atoms with Gasteiger partial charge in [-0.3, -0.25) is 20.4 Å². The number of nitrogens with zero attached hydrogens (tertiary/aromatic N) is 1. The number of hydrogen-bond acceptors (Lipinski definition) is 4. The van der Waals surface area contributed by atoms with Crippen LogP contribution in [0.5, 0.6) is 0 Å². The number of rotatable bonds is 4. The van der Waals surface area contributed by atoms with Crippen molar-refractivity contribution in [1.29, 1.82) is 0 Å². The van der Waals surface area contributed by atoms with Gasteiger partial charge in [-0.2, -0.15) is 0 Å². The Hall–Kier alpha value is -2.86. The number of fused-ring (bicyclic) bond motifs is 1. The summed E-state index contributed by atoms with van der Waals surface area (Å²) in [5.74, 6) is -0.640. The zero-order chi connectivity index (χ0) is 17.6. The number of nitrogens with one attached hydrogen (secondary N) is 2. The first-order chi connectivity index (χ1) is 12.1. The van der Waals surface area contributed by atoms with Gasteiger partial charge in [-0.15, -0.1) is 0 Å². The van der Waals surface area contributed by atoms with Gasteiger partial charge in [0, 0.05) is 10.9 Å². The van der Waals surface area contributed by atoms with E-state index in [4.69, 9.17) is 0 Å². The molecule has 0 aliphatic carbocycles. The second-order valence-electron chi connectivity index (χ2n) is 5.41. The normalized spacial score (nSPS) is 11.7. The molecule has 2 aromatic carbocycles. The van der Waals surface area contributed by atoms with Crippen molar-refractivity contribution in [1.82, 2.24) is 15.8 Å². The summed E-state index contributed by atoms with van der Waals surface area (Å²) in [6, 6.07) is 20.4. The molecule has 1 aromatic heterocycles. The topological polar surface area (TPSA) is 71.1 Å². The van der Waals surface area contributed by atoms with Crippen LogP contribution in [-0.4, -0.2) is 22.0 Å². The third-order valence-corrected chi connectivity index (χ3v) is 4.61. The average molecular weight is 351 g/mol. The highest BCUT2D eigenvalue weighted by Crippen LogP contribution is 2.23. The van der Waals surface area contributed by atoms with E-state index in [1.165, 1.54) is 11.8 Å². The van der Waals surface area contributed by atoms with Gasteiger partial charge < -0.3 is 0 Å². The lowest BCUT2D eigenvalue weighted by atomic mass is 10.2. The van der Waals surface area contributed by atoms with Crippen LogP contribution in [0.3, 0.4) is 0 Å². The summed E-state index contributed by atoms with van der Waals surface area (Å²) in [6.07, 6.45) is 0. The van der Waals surface area contributed by atoms with Crippen LogP contribution >= 0.6 is 11.8 Å². The molecular weight excluding hydrogens is 334 g/mol. The van der Waals surface area contributed by atoms with Gasteiger partial charge in [0.1, 0.15) is 0 Å².